The van der Waals surface area contributed by atoms with Crippen LogP contribution in [0.2, 0.25) is 0 Å². The maximum atomic E-state index is 5.31. The van der Waals surface area contributed by atoms with Gasteiger partial charge in [0.25, 0.3) is 0 Å². The second-order valence-corrected chi connectivity index (χ2v) is 4.95. The van der Waals surface area contributed by atoms with E-state index >= 15 is 0 Å². The van der Waals surface area contributed by atoms with E-state index in [1.807, 2.05) is 30.1 Å². The highest BCUT2D eigenvalue weighted by Gasteiger charge is 2.11. The second kappa shape index (κ2) is 7.10. The largest absolute Gasteiger partial charge is 0.497 e. The van der Waals surface area contributed by atoms with Crippen LogP contribution in [-0.2, 0) is 13.5 Å². The Morgan fingerprint density at radius 2 is 2.25 bits per heavy atom. The fraction of sp³-hybridized carbons (Fsp3) is 0.438. The molecule has 0 radical (unpaired) electrons. The molecule has 0 saturated carbocycles. The fourth-order valence-corrected chi connectivity index (χ4v) is 2.40. The first-order valence-electron chi connectivity index (χ1n) is 7.07. The predicted molar refractivity (Wildman–Crippen MR) is 80.9 cm³/mol. The Labute approximate surface area is 120 Å². The maximum absolute atomic E-state index is 5.31. The van der Waals surface area contributed by atoms with Crippen molar-refractivity contribution in [2.24, 2.45) is 7.05 Å². The minimum Gasteiger partial charge on any atom is -0.497 e. The lowest BCUT2D eigenvalue weighted by Crippen LogP contribution is -2.21. The zero-order valence-corrected chi connectivity index (χ0v) is 12.5. The van der Waals surface area contributed by atoms with Crippen molar-refractivity contribution in [1.29, 1.82) is 0 Å². The Balaban J connectivity index is 2.05. The van der Waals surface area contributed by atoms with Gasteiger partial charge < -0.3 is 10.1 Å². The van der Waals surface area contributed by atoms with Crippen molar-refractivity contribution in [2.75, 3.05) is 13.7 Å². The van der Waals surface area contributed by atoms with E-state index in [0.29, 0.717) is 6.04 Å². The van der Waals surface area contributed by atoms with E-state index in [9.17, 15) is 0 Å². The molecular formula is C16H23N3O. The molecule has 2 rings (SSSR count). The van der Waals surface area contributed by atoms with Gasteiger partial charge in [0.15, 0.2) is 0 Å². The predicted octanol–water partition coefficient (Wildman–Crippen LogP) is 2.71. The number of benzene rings is 1. The van der Waals surface area contributed by atoms with Gasteiger partial charge >= 0.3 is 0 Å². The van der Waals surface area contributed by atoms with Crippen LogP contribution in [-0.4, -0.2) is 23.4 Å². The first kappa shape index (κ1) is 14.6. The van der Waals surface area contributed by atoms with Gasteiger partial charge in [-0.15, -0.1) is 0 Å². The molecule has 0 aliphatic rings. The molecule has 108 valence electrons. The van der Waals surface area contributed by atoms with Crippen LogP contribution in [0.15, 0.2) is 36.7 Å². The van der Waals surface area contributed by atoms with Crippen molar-refractivity contribution in [1.82, 2.24) is 15.1 Å². The third-order valence-electron chi connectivity index (χ3n) is 3.43. The standard InChI is InChI=1S/C16H23N3O/c1-4-17-16(9-8-13-11-18-19(2)12-13)14-6-5-7-15(10-14)20-3/h5-7,10-12,16-17H,4,8-9H2,1-3H3. The van der Waals surface area contributed by atoms with Gasteiger partial charge in [-0.05, 0) is 42.6 Å². The Kier molecular flexibility index (Phi) is 5.18. The topological polar surface area (TPSA) is 39.1 Å². The van der Waals surface area contributed by atoms with Gasteiger partial charge in [0.2, 0.25) is 0 Å². The lowest BCUT2D eigenvalue weighted by Gasteiger charge is -2.18. The van der Waals surface area contributed by atoms with Crippen molar-refractivity contribution >= 4 is 0 Å². The first-order chi connectivity index (χ1) is 9.72. The minimum atomic E-state index is 0.343. The highest BCUT2D eigenvalue weighted by Crippen LogP contribution is 2.23. The number of hydrogen-bond acceptors (Lipinski definition) is 3. The minimum absolute atomic E-state index is 0.343. The summed E-state index contributed by atoms with van der Waals surface area (Å²) in [7, 11) is 3.66. The van der Waals surface area contributed by atoms with Crippen LogP contribution in [0, 0.1) is 0 Å². The smallest absolute Gasteiger partial charge is 0.119 e. The van der Waals surface area contributed by atoms with E-state index in [4.69, 9.17) is 4.74 Å². The van der Waals surface area contributed by atoms with Crippen molar-refractivity contribution in [2.45, 2.75) is 25.8 Å². The van der Waals surface area contributed by atoms with E-state index in [-0.39, 0.29) is 0 Å². The molecule has 1 aromatic carbocycles. The molecule has 0 aliphatic heterocycles. The third kappa shape index (κ3) is 3.84. The van der Waals surface area contributed by atoms with Gasteiger partial charge in [0, 0.05) is 19.3 Å². The number of nitrogens with one attached hydrogen (secondary N) is 1. The van der Waals surface area contributed by atoms with Crippen molar-refractivity contribution in [3.05, 3.63) is 47.8 Å². The number of nitrogens with zero attached hydrogens (tertiary/aromatic N) is 2. The summed E-state index contributed by atoms with van der Waals surface area (Å²) in [5.74, 6) is 0.909. The molecule has 1 unspecified atom stereocenters. The van der Waals surface area contributed by atoms with Crippen LogP contribution in [0.4, 0.5) is 0 Å². The van der Waals surface area contributed by atoms with Gasteiger partial charge in [-0.25, -0.2) is 0 Å². The molecule has 1 N–H and O–H groups in total. The fourth-order valence-electron chi connectivity index (χ4n) is 2.40. The Hall–Kier alpha value is -1.81. The molecule has 0 bridgehead atoms. The molecule has 1 atom stereocenters. The maximum Gasteiger partial charge on any atom is 0.119 e. The molecule has 0 fully saturated rings. The lowest BCUT2D eigenvalue weighted by molar-refractivity contribution is 0.412. The number of hydrogen-bond donors (Lipinski definition) is 1. The van der Waals surface area contributed by atoms with Crippen molar-refractivity contribution in [3.8, 4) is 5.75 Å². The summed E-state index contributed by atoms with van der Waals surface area (Å²) in [5, 5.41) is 7.76. The molecule has 1 heterocycles. The quantitative estimate of drug-likeness (QED) is 0.843. The average Bonchev–Trinajstić information content (AvgIpc) is 2.89. The molecule has 0 aliphatic carbocycles. The van der Waals surface area contributed by atoms with Crippen LogP contribution >= 0.6 is 0 Å². The Bertz CT molecular complexity index is 536. The summed E-state index contributed by atoms with van der Waals surface area (Å²) in [6.07, 6.45) is 6.08. The van der Waals surface area contributed by atoms with Crippen LogP contribution < -0.4 is 10.1 Å². The molecule has 0 saturated heterocycles. The number of aryl methyl sites for hydroxylation is 2. The molecule has 1 aromatic heterocycles. The van der Waals surface area contributed by atoms with Gasteiger partial charge in [-0.1, -0.05) is 19.1 Å². The van der Waals surface area contributed by atoms with Gasteiger partial charge in [0.05, 0.1) is 13.3 Å². The summed E-state index contributed by atoms with van der Waals surface area (Å²) >= 11 is 0. The van der Waals surface area contributed by atoms with Gasteiger partial charge in [-0.3, -0.25) is 4.68 Å². The van der Waals surface area contributed by atoms with Crippen LogP contribution in [0.25, 0.3) is 0 Å². The first-order valence-corrected chi connectivity index (χ1v) is 7.07. The van der Waals surface area contributed by atoms with Crippen LogP contribution in [0.1, 0.15) is 30.5 Å². The zero-order chi connectivity index (χ0) is 14.4. The number of rotatable bonds is 7. The van der Waals surface area contributed by atoms with Gasteiger partial charge in [-0.2, -0.15) is 5.10 Å². The van der Waals surface area contributed by atoms with E-state index in [2.05, 4.69) is 35.7 Å². The molecule has 20 heavy (non-hydrogen) atoms. The summed E-state index contributed by atoms with van der Waals surface area (Å²) < 4.78 is 7.16. The van der Waals surface area contributed by atoms with E-state index in [1.54, 1.807) is 7.11 Å². The average molecular weight is 273 g/mol. The molecular weight excluding hydrogens is 250 g/mol. The number of ether oxygens (including phenoxy) is 1. The zero-order valence-electron chi connectivity index (χ0n) is 12.5. The Morgan fingerprint density at radius 3 is 2.90 bits per heavy atom. The van der Waals surface area contributed by atoms with Crippen molar-refractivity contribution < 1.29 is 4.74 Å². The highest BCUT2D eigenvalue weighted by molar-refractivity contribution is 5.30. The van der Waals surface area contributed by atoms with Gasteiger partial charge in [0.1, 0.15) is 5.75 Å². The normalized spacial score (nSPS) is 12.3. The summed E-state index contributed by atoms with van der Waals surface area (Å²) in [5.41, 5.74) is 2.55. The monoisotopic (exact) mass is 273 g/mol. The summed E-state index contributed by atoms with van der Waals surface area (Å²) in [6.45, 7) is 3.09. The van der Waals surface area contributed by atoms with E-state index in [0.717, 1.165) is 25.1 Å². The summed E-state index contributed by atoms with van der Waals surface area (Å²) in [4.78, 5) is 0. The highest BCUT2D eigenvalue weighted by atomic mass is 16.5. The molecule has 4 nitrogen and oxygen atoms in total. The van der Waals surface area contributed by atoms with Crippen molar-refractivity contribution in [3.63, 3.8) is 0 Å². The third-order valence-corrected chi connectivity index (χ3v) is 3.43. The molecule has 0 amide bonds. The number of methoxy groups -OCH3 is 1. The Morgan fingerprint density at radius 1 is 1.40 bits per heavy atom. The molecule has 0 spiro atoms. The van der Waals surface area contributed by atoms with Crippen LogP contribution in [0.3, 0.4) is 0 Å². The number of aromatic nitrogens is 2. The van der Waals surface area contributed by atoms with Crippen LogP contribution in [0.5, 0.6) is 5.75 Å². The van der Waals surface area contributed by atoms with E-state index in [1.165, 1.54) is 11.1 Å². The van der Waals surface area contributed by atoms with E-state index < -0.39 is 0 Å². The molecule has 4 heteroatoms. The summed E-state index contributed by atoms with van der Waals surface area (Å²) in [6, 6.07) is 8.63. The second-order valence-electron chi connectivity index (χ2n) is 4.95. The molecule has 2 aromatic rings. The lowest BCUT2D eigenvalue weighted by atomic mass is 10.00. The SMILES string of the molecule is CCNC(CCc1cnn(C)c1)c1cccc(OC)c1.